The average molecular weight is 389 g/mol. The lowest BCUT2D eigenvalue weighted by molar-refractivity contribution is -0.143. The monoisotopic (exact) mass is 389 g/mol. The minimum absolute atomic E-state index is 0.205. The quantitative estimate of drug-likeness (QED) is 0.261. The van der Waals surface area contributed by atoms with Crippen LogP contribution in [0.4, 0.5) is 5.69 Å². The number of carboxylic acids is 1. The van der Waals surface area contributed by atoms with E-state index >= 15 is 0 Å². The third-order valence-corrected chi connectivity index (χ3v) is 4.64. The molecular formula is C20H23NO5S. The summed E-state index contributed by atoms with van der Waals surface area (Å²) < 4.78 is 10.7. The van der Waals surface area contributed by atoms with Crippen molar-refractivity contribution in [3.8, 4) is 5.75 Å². The molecule has 0 saturated carbocycles. The maximum absolute atomic E-state index is 11.7. The highest BCUT2D eigenvalue weighted by atomic mass is 32.2. The topological polar surface area (TPSA) is 98.9 Å². The first-order valence-electron chi connectivity index (χ1n) is 8.65. The third kappa shape index (κ3) is 8.04. The smallest absolute Gasteiger partial charge is 0.335 e. The summed E-state index contributed by atoms with van der Waals surface area (Å²) in [5.41, 5.74) is 6.58. The van der Waals surface area contributed by atoms with Crippen molar-refractivity contribution in [1.82, 2.24) is 0 Å². The Bertz CT molecular complexity index is 731. The molecule has 7 heteroatoms. The molecule has 0 amide bonds. The van der Waals surface area contributed by atoms with Gasteiger partial charge >= 0.3 is 11.9 Å². The number of nitrogen functional groups attached to an aromatic ring is 1. The van der Waals surface area contributed by atoms with Crippen molar-refractivity contribution in [2.75, 3.05) is 24.7 Å². The SMILES string of the molecule is Nc1ccc(SCCC(=O)OCCCCOc2ccc(C(=O)O)cc2)cc1. The van der Waals surface area contributed by atoms with Gasteiger partial charge in [-0.3, -0.25) is 4.79 Å². The second-order valence-corrected chi connectivity index (χ2v) is 6.94. The van der Waals surface area contributed by atoms with Crippen LogP contribution in [0.5, 0.6) is 5.75 Å². The Morgan fingerprint density at radius 2 is 1.63 bits per heavy atom. The predicted molar refractivity (Wildman–Crippen MR) is 105 cm³/mol. The minimum atomic E-state index is -0.963. The lowest BCUT2D eigenvalue weighted by Gasteiger charge is -2.07. The summed E-state index contributed by atoms with van der Waals surface area (Å²) in [6.07, 6.45) is 1.82. The molecule has 0 heterocycles. The molecule has 2 aromatic rings. The predicted octanol–water partition coefficient (Wildman–Crippen LogP) is 3.85. The van der Waals surface area contributed by atoms with Crippen molar-refractivity contribution >= 4 is 29.4 Å². The van der Waals surface area contributed by atoms with E-state index in [0.29, 0.717) is 37.6 Å². The van der Waals surface area contributed by atoms with Crippen molar-refractivity contribution in [3.63, 3.8) is 0 Å². The number of carbonyl (C=O) groups is 2. The van der Waals surface area contributed by atoms with E-state index in [1.807, 2.05) is 24.3 Å². The molecule has 0 aliphatic heterocycles. The van der Waals surface area contributed by atoms with Crippen molar-refractivity contribution in [3.05, 3.63) is 54.1 Å². The molecule has 2 aromatic carbocycles. The summed E-state index contributed by atoms with van der Waals surface area (Å²) in [6, 6.07) is 13.8. The molecule has 0 aliphatic carbocycles. The van der Waals surface area contributed by atoms with Gasteiger partial charge in [-0.1, -0.05) is 0 Å². The molecule has 0 radical (unpaired) electrons. The number of thioether (sulfide) groups is 1. The van der Waals surface area contributed by atoms with Crippen LogP contribution in [0.3, 0.4) is 0 Å². The summed E-state index contributed by atoms with van der Waals surface area (Å²) in [6.45, 7) is 0.851. The summed E-state index contributed by atoms with van der Waals surface area (Å²) in [5, 5.41) is 8.83. The van der Waals surface area contributed by atoms with E-state index in [4.69, 9.17) is 20.3 Å². The number of nitrogens with two attached hydrogens (primary N) is 1. The Labute approximate surface area is 162 Å². The largest absolute Gasteiger partial charge is 0.494 e. The first-order valence-corrected chi connectivity index (χ1v) is 9.63. The van der Waals surface area contributed by atoms with Gasteiger partial charge < -0.3 is 20.3 Å². The molecule has 144 valence electrons. The highest BCUT2D eigenvalue weighted by molar-refractivity contribution is 7.99. The van der Waals surface area contributed by atoms with E-state index in [2.05, 4.69) is 0 Å². The Kier molecular flexibility index (Phi) is 8.51. The van der Waals surface area contributed by atoms with E-state index in [9.17, 15) is 9.59 Å². The fourth-order valence-corrected chi connectivity index (χ4v) is 3.00. The van der Waals surface area contributed by atoms with Crippen molar-refractivity contribution in [2.24, 2.45) is 0 Å². The summed E-state index contributed by atoms with van der Waals surface area (Å²) >= 11 is 1.59. The van der Waals surface area contributed by atoms with Crippen LogP contribution in [0.15, 0.2) is 53.4 Å². The van der Waals surface area contributed by atoms with E-state index < -0.39 is 5.97 Å². The zero-order chi connectivity index (χ0) is 19.5. The first-order chi connectivity index (χ1) is 13.0. The molecule has 3 N–H and O–H groups in total. The Hall–Kier alpha value is -2.67. The number of ether oxygens (including phenoxy) is 2. The van der Waals surface area contributed by atoms with Crippen LogP contribution in [0.25, 0.3) is 0 Å². The number of rotatable bonds is 11. The highest BCUT2D eigenvalue weighted by Gasteiger charge is 2.04. The zero-order valence-electron chi connectivity index (χ0n) is 14.9. The average Bonchev–Trinajstić information content (AvgIpc) is 2.66. The van der Waals surface area contributed by atoms with E-state index in [0.717, 1.165) is 17.0 Å². The van der Waals surface area contributed by atoms with Crippen molar-refractivity contribution in [1.29, 1.82) is 0 Å². The van der Waals surface area contributed by atoms with Gasteiger partial charge in [0, 0.05) is 16.3 Å². The maximum Gasteiger partial charge on any atom is 0.335 e. The number of benzene rings is 2. The first kappa shape index (κ1) is 20.6. The zero-order valence-corrected chi connectivity index (χ0v) is 15.7. The molecule has 2 rings (SSSR count). The number of carboxylic acid groups (broad SMARTS) is 1. The molecule has 0 aliphatic rings. The lowest BCUT2D eigenvalue weighted by Crippen LogP contribution is -2.08. The van der Waals surface area contributed by atoms with Gasteiger partial charge in [0.15, 0.2) is 0 Å². The van der Waals surface area contributed by atoms with Crippen LogP contribution in [0.1, 0.15) is 29.6 Å². The van der Waals surface area contributed by atoms with Crippen molar-refractivity contribution in [2.45, 2.75) is 24.2 Å². The molecule has 27 heavy (non-hydrogen) atoms. The minimum Gasteiger partial charge on any atom is -0.494 e. The van der Waals surface area contributed by atoms with Gasteiger partial charge in [-0.25, -0.2) is 4.79 Å². The van der Waals surface area contributed by atoms with Crippen LogP contribution < -0.4 is 10.5 Å². The number of anilines is 1. The number of hydrogen-bond acceptors (Lipinski definition) is 6. The second kappa shape index (κ2) is 11.1. The number of aromatic carboxylic acids is 1. The van der Waals surface area contributed by atoms with Gasteiger partial charge in [0.25, 0.3) is 0 Å². The molecule has 0 saturated heterocycles. The molecule has 0 spiro atoms. The number of carbonyl (C=O) groups excluding carboxylic acids is 1. The lowest BCUT2D eigenvalue weighted by atomic mass is 10.2. The molecule has 6 nitrogen and oxygen atoms in total. The van der Waals surface area contributed by atoms with Crippen LogP contribution >= 0.6 is 11.8 Å². The van der Waals surface area contributed by atoms with E-state index in [-0.39, 0.29) is 11.5 Å². The van der Waals surface area contributed by atoms with Gasteiger partial charge in [0.2, 0.25) is 0 Å². The van der Waals surface area contributed by atoms with Gasteiger partial charge in [0.05, 0.1) is 25.2 Å². The fourth-order valence-electron chi connectivity index (χ4n) is 2.16. The van der Waals surface area contributed by atoms with Crippen molar-refractivity contribution < 1.29 is 24.2 Å². The highest BCUT2D eigenvalue weighted by Crippen LogP contribution is 2.20. The van der Waals surface area contributed by atoms with Gasteiger partial charge in [0.1, 0.15) is 5.75 Å². The number of esters is 1. The van der Waals surface area contributed by atoms with E-state index in [1.165, 1.54) is 12.1 Å². The maximum atomic E-state index is 11.7. The van der Waals surface area contributed by atoms with Gasteiger partial charge in [-0.2, -0.15) is 0 Å². The summed E-state index contributed by atoms with van der Waals surface area (Å²) in [7, 11) is 0. The van der Waals surface area contributed by atoms with Crippen LogP contribution in [-0.4, -0.2) is 36.0 Å². The molecule has 0 fully saturated rings. The Balaban J connectivity index is 1.50. The number of hydrogen-bond donors (Lipinski definition) is 2. The van der Waals surface area contributed by atoms with Crippen LogP contribution in [-0.2, 0) is 9.53 Å². The van der Waals surface area contributed by atoms with Gasteiger partial charge in [-0.15, -0.1) is 11.8 Å². The van der Waals surface area contributed by atoms with Gasteiger partial charge in [-0.05, 0) is 61.4 Å². The third-order valence-electron chi connectivity index (χ3n) is 3.63. The normalized spacial score (nSPS) is 10.4. The molecular weight excluding hydrogens is 366 g/mol. The van der Waals surface area contributed by atoms with Crippen LogP contribution in [0.2, 0.25) is 0 Å². The number of unbranched alkanes of at least 4 members (excludes halogenated alkanes) is 1. The Morgan fingerprint density at radius 1 is 0.963 bits per heavy atom. The second-order valence-electron chi connectivity index (χ2n) is 5.77. The standard InChI is InChI=1S/C20H23NO5S/c21-16-5-9-18(10-6-16)27-14-11-19(22)26-13-2-1-12-25-17-7-3-15(4-8-17)20(23)24/h3-10H,1-2,11-14,21H2,(H,23,24). The molecule has 0 unspecified atom stereocenters. The molecule has 0 atom stereocenters. The fraction of sp³-hybridized carbons (Fsp3) is 0.300. The Morgan fingerprint density at radius 3 is 2.30 bits per heavy atom. The van der Waals surface area contributed by atoms with E-state index in [1.54, 1.807) is 23.9 Å². The molecule has 0 bridgehead atoms. The molecule has 0 aromatic heterocycles. The summed E-state index contributed by atoms with van der Waals surface area (Å²) in [4.78, 5) is 23.5. The van der Waals surface area contributed by atoms with Crippen LogP contribution in [0, 0.1) is 0 Å². The summed E-state index contributed by atoms with van der Waals surface area (Å²) in [5.74, 6) is 0.119.